The van der Waals surface area contributed by atoms with Crippen molar-refractivity contribution in [2.45, 2.75) is 25.5 Å². The average molecular weight is 145 g/mol. The number of aliphatic hydroxyl groups excluding tert-OH is 1. The monoisotopic (exact) mass is 145 g/mol. The summed E-state index contributed by atoms with van der Waals surface area (Å²) in [5, 5.41) is 12.0. The van der Waals surface area contributed by atoms with Gasteiger partial charge in [0.2, 0.25) is 0 Å². The summed E-state index contributed by atoms with van der Waals surface area (Å²) in [7, 11) is 0. The molecule has 0 aromatic carbocycles. The average Bonchev–Trinajstić information content (AvgIpc) is 2.66. The third-order valence-electron chi connectivity index (χ3n) is 1.61. The summed E-state index contributed by atoms with van der Waals surface area (Å²) < 4.78 is 5.00. The molecular weight excluding hydrogens is 130 g/mol. The van der Waals surface area contributed by atoms with Crippen LogP contribution >= 0.6 is 0 Å². The molecule has 3 nitrogen and oxygen atoms in total. The Bertz CT molecular complexity index is 110. The van der Waals surface area contributed by atoms with Gasteiger partial charge >= 0.3 is 0 Å². The molecule has 0 radical (unpaired) electrons. The maximum atomic E-state index is 8.82. The smallest absolute Gasteiger partial charge is 0.0934 e. The first-order chi connectivity index (χ1) is 4.64. The Morgan fingerprint density at radius 2 is 2.30 bits per heavy atom. The molecule has 1 unspecified atom stereocenters. The Kier molecular flexibility index (Phi) is 2.28. The van der Waals surface area contributed by atoms with E-state index < -0.39 is 0 Å². The highest BCUT2D eigenvalue weighted by Crippen LogP contribution is 2.09. The molecule has 1 fully saturated rings. The summed E-state index contributed by atoms with van der Waals surface area (Å²) in [6.07, 6.45) is 0.394. The Morgan fingerprint density at radius 1 is 1.70 bits per heavy atom. The van der Waals surface area contributed by atoms with E-state index in [-0.39, 0.29) is 12.1 Å². The quantitative estimate of drug-likeness (QED) is 0.536. The van der Waals surface area contributed by atoms with Gasteiger partial charge in [-0.1, -0.05) is 0 Å². The molecule has 0 aromatic heterocycles. The summed E-state index contributed by atoms with van der Waals surface area (Å²) in [4.78, 5) is 0. The molecule has 1 rings (SSSR count). The van der Waals surface area contributed by atoms with Gasteiger partial charge in [0.25, 0.3) is 0 Å². The van der Waals surface area contributed by atoms with Gasteiger partial charge in [-0.15, -0.1) is 0 Å². The zero-order chi connectivity index (χ0) is 7.61. The maximum Gasteiger partial charge on any atom is 0.0934 e. The van der Waals surface area contributed by atoms with Gasteiger partial charge in [-0.05, 0) is 13.8 Å². The van der Waals surface area contributed by atoms with Crippen molar-refractivity contribution in [2.24, 2.45) is 0 Å². The van der Waals surface area contributed by atoms with Gasteiger partial charge in [-0.3, -0.25) is 0 Å². The van der Waals surface area contributed by atoms with Crippen molar-refractivity contribution in [3.63, 3.8) is 0 Å². The second kappa shape index (κ2) is 2.86. The van der Waals surface area contributed by atoms with Crippen molar-refractivity contribution < 1.29 is 9.84 Å². The first-order valence-electron chi connectivity index (χ1n) is 3.61. The van der Waals surface area contributed by atoms with Crippen LogP contribution in [0.3, 0.4) is 0 Å². The highest BCUT2D eigenvalue weighted by Gasteiger charge is 2.25. The number of nitrogens with one attached hydrogen (secondary N) is 1. The van der Waals surface area contributed by atoms with Crippen LogP contribution in [0.2, 0.25) is 0 Å². The number of aliphatic hydroxyl groups is 1. The fourth-order valence-corrected chi connectivity index (χ4v) is 0.632. The number of hydrogen-bond acceptors (Lipinski definition) is 3. The molecule has 0 spiro atoms. The third-order valence-corrected chi connectivity index (χ3v) is 1.61. The third kappa shape index (κ3) is 2.64. The molecule has 60 valence electrons. The van der Waals surface area contributed by atoms with Crippen molar-refractivity contribution in [3.05, 3.63) is 0 Å². The van der Waals surface area contributed by atoms with Gasteiger partial charge in [-0.2, -0.15) is 0 Å². The minimum absolute atomic E-state index is 0.161. The van der Waals surface area contributed by atoms with E-state index in [1.165, 1.54) is 0 Å². The normalized spacial score (nSPS) is 24.9. The molecule has 3 heteroatoms. The zero-order valence-corrected chi connectivity index (χ0v) is 6.55. The van der Waals surface area contributed by atoms with Crippen molar-refractivity contribution in [1.82, 2.24) is 5.32 Å². The first-order valence-corrected chi connectivity index (χ1v) is 3.61. The van der Waals surface area contributed by atoms with E-state index in [9.17, 15) is 0 Å². The summed E-state index contributed by atoms with van der Waals surface area (Å²) >= 11 is 0. The van der Waals surface area contributed by atoms with E-state index in [1.807, 2.05) is 13.8 Å². The molecule has 0 aliphatic carbocycles. The predicted octanol–water partition coefficient (Wildman–Crippen LogP) is -0.254. The topological polar surface area (TPSA) is 44.8 Å². The molecule has 1 atom stereocenters. The molecule has 0 amide bonds. The Balaban J connectivity index is 2.09. The minimum atomic E-state index is -0.161. The highest BCUT2D eigenvalue weighted by atomic mass is 16.6. The maximum absolute atomic E-state index is 8.82. The first kappa shape index (κ1) is 7.98. The van der Waals surface area contributed by atoms with Gasteiger partial charge < -0.3 is 15.2 Å². The molecular formula is C7H15NO2. The molecule has 10 heavy (non-hydrogen) atoms. The molecule has 0 aromatic rings. The fraction of sp³-hybridized carbons (Fsp3) is 1.00. The van der Waals surface area contributed by atoms with E-state index in [0.29, 0.717) is 6.10 Å². The summed E-state index contributed by atoms with van der Waals surface area (Å²) in [6.45, 7) is 5.83. The molecule has 0 bridgehead atoms. The molecule has 1 saturated heterocycles. The SMILES string of the molecule is CC(C)(CO)NCC1CO1. The van der Waals surface area contributed by atoms with Crippen LogP contribution in [0.25, 0.3) is 0 Å². The van der Waals surface area contributed by atoms with Crippen LogP contribution in [0.1, 0.15) is 13.8 Å². The molecule has 1 aliphatic heterocycles. The van der Waals surface area contributed by atoms with Crippen LogP contribution in [0.4, 0.5) is 0 Å². The van der Waals surface area contributed by atoms with Crippen molar-refractivity contribution in [1.29, 1.82) is 0 Å². The van der Waals surface area contributed by atoms with Crippen molar-refractivity contribution in [2.75, 3.05) is 19.8 Å². The van der Waals surface area contributed by atoms with Gasteiger partial charge in [0.15, 0.2) is 0 Å². The predicted molar refractivity (Wildman–Crippen MR) is 38.9 cm³/mol. The Morgan fingerprint density at radius 3 is 2.70 bits per heavy atom. The van der Waals surface area contributed by atoms with E-state index >= 15 is 0 Å². The van der Waals surface area contributed by atoms with E-state index in [1.54, 1.807) is 0 Å². The number of hydrogen-bond donors (Lipinski definition) is 2. The van der Waals surface area contributed by atoms with Crippen LogP contribution in [0.5, 0.6) is 0 Å². The van der Waals surface area contributed by atoms with Crippen LogP contribution < -0.4 is 5.32 Å². The summed E-state index contributed by atoms with van der Waals surface area (Å²) in [5.74, 6) is 0. The molecule has 0 saturated carbocycles. The number of rotatable bonds is 4. The molecule has 2 N–H and O–H groups in total. The van der Waals surface area contributed by atoms with Gasteiger partial charge in [0, 0.05) is 12.1 Å². The van der Waals surface area contributed by atoms with E-state index in [2.05, 4.69) is 5.32 Å². The van der Waals surface area contributed by atoms with Crippen LogP contribution in [0, 0.1) is 0 Å². The highest BCUT2D eigenvalue weighted by molar-refractivity contribution is 4.81. The second-order valence-electron chi connectivity index (χ2n) is 3.38. The lowest BCUT2D eigenvalue weighted by Gasteiger charge is -2.22. The molecule has 1 heterocycles. The fourth-order valence-electron chi connectivity index (χ4n) is 0.632. The molecule has 1 aliphatic rings. The lowest BCUT2D eigenvalue weighted by Crippen LogP contribution is -2.44. The van der Waals surface area contributed by atoms with Crippen molar-refractivity contribution in [3.8, 4) is 0 Å². The van der Waals surface area contributed by atoms with Crippen LogP contribution in [-0.2, 0) is 4.74 Å². The largest absolute Gasteiger partial charge is 0.394 e. The van der Waals surface area contributed by atoms with Gasteiger partial charge in [-0.25, -0.2) is 0 Å². The second-order valence-corrected chi connectivity index (χ2v) is 3.38. The van der Waals surface area contributed by atoms with Gasteiger partial charge in [0.05, 0.1) is 19.3 Å². The van der Waals surface area contributed by atoms with E-state index in [4.69, 9.17) is 9.84 Å². The van der Waals surface area contributed by atoms with Gasteiger partial charge in [0.1, 0.15) is 0 Å². The number of epoxide rings is 1. The lowest BCUT2D eigenvalue weighted by molar-refractivity contribution is 0.185. The Labute approximate surface area is 61.4 Å². The van der Waals surface area contributed by atoms with Crippen molar-refractivity contribution >= 4 is 0 Å². The zero-order valence-electron chi connectivity index (χ0n) is 6.55. The van der Waals surface area contributed by atoms with Crippen LogP contribution in [-0.4, -0.2) is 36.5 Å². The van der Waals surface area contributed by atoms with E-state index in [0.717, 1.165) is 13.2 Å². The lowest BCUT2D eigenvalue weighted by atomic mass is 10.1. The minimum Gasteiger partial charge on any atom is -0.394 e. The Hall–Kier alpha value is -0.120. The number of ether oxygens (including phenoxy) is 1. The standard InChI is InChI=1S/C7H15NO2/c1-7(2,5-9)8-3-6-4-10-6/h6,8-9H,3-5H2,1-2H3. The summed E-state index contributed by atoms with van der Waals surface area (Å²) in [6, 6.07) is 0. The van der Waals surface area contributed by atoms with Crippen LogP contribution in [0.15, 0.2) is 0 Å². The summed E-state index contributed by atoms with van der Waals surface area (Å²) in [5.41, 5.74) is -0.161.